The van der Waals surface area contributed by atoms with E-state index in [4.69, 9.17) is 0 Å². The van der Waals surface area contributed by atoms with E-state index in [1.54, 1.807) is 6.92 Å². The minimum absolute atomic E-state index is 0.00263. The molecule has 116 valence electrons. The summed E-state index contributed by atoms with van der Waals surface area (Å²) in [7, 11) is 0. The van der Waals surface area contributed by atoms with Crippen LogP contribution >= 0.6 is 0 Å². The van der Waals surface area contributed by atoms with Gasteiger partial charge >= 0.3 is 6.18 Å². The van der Waals surface area contributed by atoms with Gasteiger partial charge in [-0.25, -0.2) is 4.39 Å². The Morgan fingerprint density at radius 2 is 1.95 bits per heavy atom. The smallest absolute Gasteiger partial charge is 0.294 e. The normalized spacial score (nSPS) is 17.0. The Morgan fingerprint density at radius 1 is 1.33 bits per heavy atom. The van der Waals surface area contributed by atoms with Crippen molar-refractivity contribution in [1.29, 1.82) is 0 Å². The molecule has 0 N–H and O–H groups in total. The molecule has 0 bridgehead atoms. The summed E-state index contributed by atoms with van der Waals surface area (Å²) in [6.07, 6.45) is -2.85. The summed E-state index contributed by atoms with van der Waals surface area (Å²) in [5.74, 6) is -1.77. The predicted molar refractivity (Wildman–Crippen MR) is 70.5 cm³/mol. The van der Waals surface area contributed by atoms with E-state index in [9.17, 15) is 22.4 Å². The van der Waals surface area contributed by atoms with Crippen LogP contribution < -0.4 is 0 Å². The van der Waals surface area contributed by atoms with Crippen LogP contribution in [-0.2, 0) is 0 Å². The highest BCUT2D eigenvalue weighted by Crippen LogP contribution is 2.31. The predicted octanol–water partition coefficient (Wildman–Crippen LogP) is 3.67. The Hall–Kier alpha value is -1.43. The van der Waals surface area contributed by atoms with Crippen molar-refractivity contribution in [3.05, 3.63) is 35.6 Å². The van der Waals surface area contributed by atoms with Crippen molar-refractivity contribution in [1.82, 2.24) is 4.90 Å². The first-order valence-corrected chi connectivity index (χ1v) is 6.87. The van der Waals surface area contributed by atoms with Crippen molar-refractivity contribution in [3.8, 4) is 0 Å². The third-order valence-electron chi connectivity index (χ3n) is 3.54. The molecule has 1 aromatic carbocycles. The lowest BCUT2D eigenvalue weighted by atomic mass is 9.98. The fraction of sp³-hybridized carbons (Fsp3) is 0.533. The molecule has 0 saturated heterocycles. The molecule has 1 saturated carbocycles. The largest absolute Gasteiger partial charge is 0.401 e. The summed E-state index contributed by atoms with van der Waals surface area (Å²) in [5, 5.41) is 0. The van der Waals surface area contributed by atoms with Gasteiger partial charge < -0.3 is 0 Å². The minimum Gasteiger partial charge on any atom is -0.294 e. The second kappa shape index (κ2) is 6.13. The number of carbonyl (C=O) groups is 1. The third kappa shape index (κ3) is 4.52. The number of hydrogen-bond donors (Lipinski definition) is 0. The SMILES string of the molecule is CC(CN(CC(F)(F)F)C1CC1)C(=O)c1ccccc1F. The van der Waals surface area contributed by atoms with Crippen LogP contribution in [0.2, 0.25) is 0 Å². The second-order valence-electron chi connectivity index (χ2n) is 5.52. The van der Waals surface area contributed by atoms with Gasteiger partial charge in [0.2, 0.25) is 0 Å². The van der Waals surface area contributed by atoms with E-state index in [1.165, 1.54) is 29.2 Å². The van der Waals surface area contributed by atoms with Crippen LogP contribution in [0.15, 0.2) is 24.3 Å². The molecule has 2 nitrogen and oxygen atoms in total. The summed E-state index contributed by atoms with van der Waals surface area (Å²) in [6, 6.07) is 5.43. The van der Waals surface area contributed by atoms with Gasteiger partial charge in [0.15, 0.2) is 5.78 Å². The quantitative estimate of drug-likeness (QED) is 0.590. The number of alkyl halides is 3. The first-order valence-electron chi connectivity index (χ1n) is 6.87. The first kappa shape index (κ1) is 15.9. The first-order chi connectivity index (χ1) is 9.78. The van der Waals surface area contributed by atoms with Crippen LogP contribution in [0.3, 0.4) is 0 Å². The van der Waals surface area contributed by atoms with Gasteiger partial charge in [-0.1, -0.05) is 19.1 Å². The highest BCUT2D eigenvalue weighted by atomic mass is 19.4. The number of ketones is 1. The Morgan fingerprint density at radius 3 is 2.48 bits per heavy atom. The van der Waals surface area contributed by atoms with Crippen molar-refractivity contribution in [2.75, 3.05) is 13.1 Å². The molecule has 0 radical (unpaired) electrons. The number of carbonyl (C=O) groups excluding carboxylic acids is 1. The summed E-state index contributed by atoms with van der Waals surface area (Å²) >= 11 is 0. The van der Waals surface area contributed by atoms with Gasteiger partial charge in [0.1, 0.15) is 5.82 Å². The fourth-order valence-corrected chi connectivity index (χ4v) is 2.37. The molecule has 1 aliphatic carbocycles. The van der Waals surface area contributed by atoms with Gasteiger partial charge in [0.25, 0.3) is 0 Å². The molecule has 1 aliphatic rings. The van der Waals surface area contributed by atoms with Crippen LogP contribution in [0.4, 0.5) is 17.6 Å². The topological polar surface area (TPSA) is 20.3 Å². The van der Waals surface area contributed by atoms with Crippen molar-refractivity contribution < 1.29 is 22.4 Å². The van der Waals surface area contributed by atoms with Gasteiger partial charge in [0, 0.05) is 18.5 Å². The van der Waals surface area contributed by atoms with Crippen molar-refractivity contribution in [2.45, 2.75) is 32.0 Å². The highest BCUT2D eigenvalue weighted by Gasteiger charge is 2.39. The van der Waals surface area contributed by atoms with E-state index in [2.05, 4.69) is 0 Å². The summed E-state index contributed by atoms with van der Waals surface area (Å²) < 4.78 is 51.2. The van der Waals surface area contributed by atoms with Crippen LogP contribution in [0.5, 0.6) is 0 Å². The van der Waals surface area contributed by atoms with Crippen molar-refractivity contribution >= 4 is 5.78 Å². The minimum atomic E-state index is -4.29. The van der Waals surface area contributed by atoms with Crippen LogP contribution in [-0.4, -0.2) is 36.0 Å². The van der Waals surface area contributed by atoms with E-state index in [-0.39, 0.29) is 18.2 Å². The van der Waals surface area contributed by atoms with Crippen LogP contribution in [0.1, 0.15) is 30.1 Å². The molecule has 6 heteroatoms. The number of rotatable bonds is 6. The zero-order valence-corrected chi connectivity index (χ0v) is 11.7. The van der Waals surface area contributed by atoms with E-state index in [1.807, 2.05) is 0 Å². The van der Waals surface area contributed by atoms with E-state index in [0.29, 0.717) is 0 Å². The molecule has 1 atom stereocenters. The number of benzene rings is 1. The van der Waals surface area contributed by atoms with Gasteiger partial charge in [-0.3, -0.25) is 9.69 Å². The molecule has 1 fully saturated rings. The van der Waals surface area contributed by atoms with Crippen molar-refractivity contribution in [2.24, 2.45) is 5.92 Å². The Bertz CT molecular complexity index is 511. The van der Waals surface area contributed by atoms with Crippen LogP contribution in [0.25, 0.3) is 0 Å². The monoisotopic (exact) mass is 303 g/mol. The van der Waals surface area contributed by atoms with Crippen molar-refractivity contribution in [3.63, 3.8) is 0 Å². The second-order valence-corrected chi connectivity index (χ2v) is 5.52. The zero-order chi connectivity index (χ0) is 15.6. The molecule has 1 unspecified atom stereocenters. The van der Waals surface area contributed by atoms with Gasteiger partial charge in [-0.15, -0.1) is 0 Å². The number of Topliss-reactive ketones (excluding diaryl/α,β-unsaturated/α-hetero) is 1. The van der Waals surface area contributed by atoms with E-state index < -0.39 is 30.2 Å². The highest BCUT2D eigenvalue weighted by molar-refractivity contribution is 5.98. The molecule has 0 aromatic heterocycles. The zero-order valence-electron chi connectivity index (χ0n) is 11.7. The fourth-order valence-electron chi connectivity index (χ4n) is 2.37. The van der Waals surface area contributed by atoms with E-state index in [0.717, 1.165) is 12.8 Å². The molecular weight excluding hydrogens is 286 g/mol. The molecule has 1 aromatic rings. The van der Waals surface area contributed by atoms with Gasteiger partial charge in [0.05, 0.1) is 12.1 Å². The molecule has 0 heterocycles. The lowest BCUT2D eigenvalue weighted by Gasteiger charge is -2.26. The molecule has 0 amide bonds. The molecule has 0 spiro atoms. The van der Waals surface area contributed by atoms with Gasteiger partial charge in [-0.05, 0) is 25.0 Å². The lowest BCUT2D eigenvalue weighted by molar-refractivity contribution is -0.147. The average Bonchev–Trinajstić information content (AvgIpc) is 3.20. The maximum atomic E-state index is 13.6. The van der Waals surface area contributed by atoms with Crippen LogP contribution in [0, 0.1) is 11.7 Å². The lowest BCUT2D eigenvalue weighted by Crippen LogP contribution is -2.40. The molecule has 0 aliphatic heterocycles. The molecular formula is C15H17F4NO. The Balaban J connectivity index is 2.03. The summed E-state index contributed by atoms with van der Waals surface area (Å²) in [5.41, 5.74) is -0.0623. The Labute approximate surface area is 120 Å². The number of nitrogens with zero attached hydrogens (tertiary/aromatic N) is 1. The summed E-state index contributed by atoms with van der Waals surface area (Å²) in [4.78, 5) is 13.4. The maximum Gasteiger partial charge on any atom is 0.401 e. The maximum absolute atomic E-state index is 13.6. The van der Waals surface area contributed by atoms with E-state index >= 15 is 0 Å². The Kier molecular flexibility index (Phi) is 4.66. The van der Waals surface area contributed by atoms with Gasteiger partial charge in [-0.2, -0.15) is 13.2 Å². The standard InChI is InChI=1S/C15H17F4NO/c1-10(14(21)12-4-2-3-5-13(12)16)8-20(11-6-7-11)9-15(17,18)19/h2-5,10-11H,6-9H2,1H3. The molecule has 21 heavy (non-hydrogen) atoms. The molecule has 2 rings (SSSR count). The average molecular weight is 303 g/mol. The number of hydrogen-bond acceptors (Lipinski definition) is 2. The third-order valence-corrected chi connectivity index (χ3v) is 3.54. The number of halogens is 4. The summed E-state index contributed by atoms with van der Waals surface area (Å²) in [6.45, 7) is 0.518.